The Morgan fingerprint density at radius 3 is 2.52 bits per heavy atom. The van der Waals surface area contributed by atoms with E-state index >= 15 is 0 Å². The second-order valence-corrected chi connectivity index (χ2v) is 5.02. The van der Waals surface area contributed by atoms with E-state index in [2.05, 4.69) is 10.6 Å². The molecule has 0 heterocycles. The predicted molar refractivity (Wildman–Crippen MR) is 87.2 cm³/mol. The number of hydrogen-bond donors (Lipinski definition) is 3. The van der Waals surface area contributed by atoms with Gasteiger partial charge in [-0.15, -0.1) is 0 Å². The predicted octanol–water partition coefficient (Wildman–Crippen LogP) is 2.53. The van der Waals surface area contributed by atoms with Crippen LogP contribution in [0.15, 0.2) is 48.5 Å². The standard InChI is InChI=1S/C16H17N3O4/c1-11(17-14-4-2-3-12(9-14)10-20)16(21)18-13-5-7-15(8-6-13)19(22)23/h2-9,11,17,20H,10H2,1H3,(H,18,21). The number of nitro groups is 1. The third-order valence-electron chi connectivity index (χ3n) is 3.23. The molecule has 1 unspecified atom stereocenters. The molecule has 0 aromatic heterocycles. The number of benzene rings is 2. The van der Waals surface area contributed by atoms with Gasteiger partial charge in [-0.05, 0) is 36.8 Å². The average Bonchev–Trinajstić information content (AvgIpc) is 2.55. The first kappa shape index (κ1) is 16.4. The van der Waals surface area contributed by atoms with Gasteiger partial charge in [0.1, 0.15) is 6.04 Å². The van der Waals surface area contributed by atoms with Gasteiger partial charge in [-0.1, -0.05) is 12.1 Å². The van der Waals surface area contributed by atoms with E-state index in [0.29, 0.717) is 5.69 Å². The molecule has 0 spiro atoms. The highest BCUT2D eigenvalue weighted by molar-refractivity contribution is 5.96. The minimum atomic E-state index is -0.515. The lowest BCUT2D eigenvalue weighted by Gasteiger charge is -2.15. The van der Waals surface area contributed by atoms with Gasteiger partial charge in [-0.25, -0.2) is 0 Å². The Balaban J connectivity index is 1.97. The summed E-state index contributed by atoms with van der Waals surface area (Å²) in [5.41, 5.74) is 1.93. The first-order chi connectivity index (χ1) is 11.0. The van der Waals surface area contributed by atoms with Crippen LogP contribution in [-0.2, 0) is 11.4 Å². The normalized spacial score (nSPS) is 11.6. The van der Waals surface area contributed by atoms with Gasteiger partial charge in [-0.3, -0.25) is 14.9 Å². The van der Waals surface area contributed by atoms with E-state index in [9.17, 15) is 14.9 Å². The van der Waals surface area contributed by atoms with Crippen LogP contribution in [0.3, 0.4) is 0 Å². The summed E-state index contributed by atoms with van der Waals surface area (Å²) in [5, 5.41) is 25.4. The van der Waals surface area contributed by atoms with Crippen molar-refractivity contribution in [2.75, 3.05) is 10.6 Å². The van der Waals surface area contributed by atoms with E-state index in [0.717, 1.165) is 11.3 Å². The molecule has 23 heavy (non-hydrogen) atoms. The van der Waals surface area contributed by atoms with E-state index in [1.807, 2.05) is 0 Å². The quantitative estimate of drug-likeness (QED) is 0.561. The van der Waals surface area contributed by atoms with Crippen molar-refractivity contribution in [2.45, 2.75) is 19.6 Å². The van der Waals surface area contributed by atoms with Crippen molar-refractivity contribution in [3.05, 3.63) is 64.2 Å². The van der Waals surface area contributed by atoms with Crippen molar-refractivity contribution < 1.29 is 14.8 Å². The highest BCUT2D eigenvalue weighted by Gasteiger charge is 2.13. The summed E-state index contributed by atoms with van der Waals surface area (Å²) in [6.45, 7) is 1.63. The van der Waals surface area contributed by atoms with Gasteiger partial charge in [0, 0.05) is 23.5 Å². The van der Waals surface area contributed by atoms with Crippen molar-refractivity contribution in [1.82, 2.24) is 0 Å². The topological polar surface area (TPSA) is 104 Å². The number of carbonyl (C=O) groups excluding carboxylic acids is 1. The number of anilines is 2. The maximum atomic E-state index is 12.1. The summed E-state index contributed by atoms with van der Waals surface area (Å²) in [7, 11) is 0. The SMILES string of the molecule is CC(Nc1cccc(CO)c1)C(=O)Nc1ccc([N+](=O)[O-])cc1. The van der Waals surface area contributed by atoms with E-state index in [1.165, 1.54) is 24.3 Å². The Kier molecular flexibility index (Phi) is 5.27. The number of aliphatic hydroxyl groups is 1. The zero-order valence-corrected chi connectivity index (χ0v) is 12.5. The first-order valence-electron chi connectivity index (χ1n) is 7.01. The van der Waals surface area contributed by atoms with Crippen molar-refractivity contribution in [1.29, 1.82) is 0 Å². The summed E-state index contributed by atoms with van der Waals surface area (Å²) in [6, 6.07) is 12.2. The van der Waals surface area contributed by atoms with Crippen LogP contribution in [0.5, 0.6) is 0 Å². The molecule has 7 nitrogen and oxygen atoms in total. The lowest BCUT2D eigenvalue weighted by molar-refractivity contribution is -0.384. The first-order valence-corrected chi connectivity index (χ1v) is 7.01. The number of nitrogens with one attached hydrogen (secondary N) is 2. The van der Waals surface area contributed by atoms with Crippen LogP contribution in [0, 0.1) is 10.1 Å². The van der Waals surface area contributed by atoms with Crippen LogP contribution in [0.4, 0.5) is 17.1 Å². The fourth-order valence-corrected chi connectivity index (χ4v) is 1.99. The molecule has 7 heteroatoms. The number of hydrogen-bond acceptors (Lipinski definition) is 5. The van der Waals surface area contributed by atoms with Crippen LogP contribution in [-0.4, -0.2) is 22.0 Å². The highest BCUT2D eigenvalue weighted by Crippen LogP contribution is 2.16. The minimum absolute atomic E-state index is 0.0324. The maximum Gasteiger partial charge on any atom is 0.269 e. The molecule has 3 N–H and O–H groups in total. The van der Waals surface area contributed by atoms with Crippen LogP contribution in [0.2, 0.25) is 0 Å². The summed E-state index contributed by atoms with van der Waals surface area (Å²) < 4.78 is 0. The van der Waals surface area contributed by atoms with E-state index in [1.54, 1.807) is 31.2 Å². The van der Waals surface area contributed by atoms with Gasteiger partial charge in [0.15, 0.2) is 0 Å². The molecule has 2 aromatic rings. The van der Waals surface area contributed by atoms with Crippen LogP contribution >= 0.6 is 0 Å². The summed E-state index contributed by atoms with van der Waals surface area (Å²) in [4.78, 5) is 22.2. The molecule has 0 saturated heterocycles. The Morgan fingerprint density at radius 2 is 1.91 bits per heavy atom. The molecule has 0 aliphatic carbocycles. The zero-order valence-electron chi connectivity index (χ0n) is 12.5. The molecule has 0 aliphatic heterocycles. The third kappa shape index (κ3) is 4.52. The zero-order chi connectivity index (χ0) is 16.8. The van der Waals surface area contributed by atoms with Gasteiger partial charge >= 0.3 is 0 Å². The van der Waals surface area contributed by atoms with Crippen molar-refractivity contribution >= 4 is 23.0 Å². The molecule has 0 saturated carbocycles. The van der Waals surface area contributed by atoms with Crippen LogP contribution < -0.4 is 10.6 Å². The minimum Gasteiger partial charge on any atom is -0.392 e. The molecule has 0 fully saturated rings. The lowest BCUT2D eigenvalue weighted by atomic mass is 10.2. The lowest BCUT2D eigenvalue weighted by Crippen LogP contribution is -2.31. The molecular weight excluding hydrogens is 298 g/mol. The Bertz CT molecular complexity index is 701. The van der Waals surface area contributed by atoms with Gasteiger partial charge in [0.2, 0.25) is 5.91 Å². The van der Waals surface area contributed by atoms with Crippen molar-refractivity contribution in [3.63, 3.8) is 0 Å². The van der Waals surface area contributed by atoms with Crippen molar-refractivity contribution in [2.24, 2.45) is 0 Å². The Labute approximate surface area is 133 Å². The number of nitrogens with zero attached hydrogens (tertiary/aromatic N) is 1. The molecular formula is C16H17N3O4. The summed E-state index contributed by atoms with van der Waals surface area (Å²) >= 11 is 0. The van der Waals surface area contributed by atoms with Gasteiger partial charge in [-0.2, -0.15) is 0 Å². The Morgan fingerprint density at radius 1 is 1.22 bits per heavy atom. The van der Waals surface area contributed by atoms with Crippen LogP contribution in [0.25, 0.3) is 0 Å². The molecule has 2 rings (SSSR count). The largest absolute Gasteiger partial charge is 0.392 e. The van der Waals surface area contributed by atoms with E-state index in [-0.39, 0.29) is 18.2 Å². The average molecular weight is 315 g/mol. The number of carbonyl (C=O) groups is 1. The molecule has 1 atom stereocenters. The molecule has 2 aromatic carbocycles. The second-order valence-electron chi connectivity index (χ2n) is 5.02. The number of aliphatic hydroxyl groups excluding tert-OH is 1. The molecule has 1 amide bonds. The second kappa shape index (κ2) is 7.37. The van der Waals surface area contributed by atoms with E-state index < -0.39 is 11.0 Å². The van der Waals surface area contributed by atoms with E-state index in [4.69, 9.17) is 5.11 Å². The third-order valence-corrected chi connectivity index (χ3v) is 3.23. The van der Waals surface area contributed by atoms with Gasteiger partial charge in [0.25, 0.3) is 5.69 Å². The monoisotopic (exact) mass is 315 g/mol. The molecule has 0 radical (unpaired) electrons. The van der Waals surface area contributed by atoms with Gasteiger partial charge < -0.3 is 15.7 Å². The fourth-order valence-electron chi connectivity index (χ4n) is 1.99. The number of amides is 1. The van der Waals surface area contributed by atoms with Crippen molar-refractivity contribution in [3.8, 4) is 0 Å². The van der Waals surface area contributed by atoms with Crippen LogP contribution in [0.1, 0.15) is 12.5 Å². The highest BCUT2D eigenvalue weighted by atomic mass is 16.6. The molecule has 120 valence electrons. The number of nitro benzene ring substituents is 1. The smallest absolute Gasteiger partial charge is 0.269 e. The fraction of sp³-hybridized carbons (Fsp3) is 0.188. The summed E-state index contributed by atoms with van der Waals surface area (Å²) in [6.07, 6.45) is 0. The number of rotatable bonds is 6. The molecule has 0 bridgehead atoms. The van der Waals surface area contributed by atoms with Gasteiger partial charge in [0.05, 0.1) is 11.5 Å². The molecule has 0 aliphatic rings. The Hall–Kier alpha value is -2.93. The maximum absolute atomic E-state index is 12.1. The number of non-ortho nitro benzene ring substituents is 1. The summed E-state index contributed by atoms with van der Waals surface area (Å²) in [5.74, 6) is -0.270.